The Morgan fingerprint density at radius 1 is 1.07 bits per heavy atom. The molecule has 2 aromatic rings. The van der Waals surface area contributed by atoms with Gasteiger partial charge in [0.25, 0.3) is 0 Å². The van der Waals surface area contributed by atoms with E-state index in [0.29, 0.717) is 0 Å². The van der Waals surface area contributed by atoms with Gasteiger partial charge < -0.3 is 14.8 Å². The maximum Gasteiger partial charge on any atom is 0.316 e. The monoisotopic (exact) mass is 419 g/mol. The Bertz CT molecular complexity index is 916. The average molecular weight is 419 g/mol. The van der Waals surface area contributed by atoms with Crippen molar-refractivity contribution in [1.29, 1.82) is 0 Å². The number of esters is 1. The van der Waals surface area contributed by atoms with Crippen molar-refractivity contribution in [3.05, 3.63) is 58.9 Å². The van der Waals surface area contributed by atoms with Crippen molar-refractivity contribution in [2.24, 2.45) is 0 Å². The number of Topliss-reactive ketones (excluding diaryl/α,β-unsaturated/α-hetero) is 1. The summed E-state index contributed by atoms with van der Waals surface area (Å²) < 4.78 is 23.2. The van der Waals surface area contributed by atoms with Crippen LogP contribution in [0, 0.1) is 19.7 Å². The van der Waals surface area contributed by atoms with E-state index in [9.17, 15) is 18.8 Å². The van der Waals surface area contributed by atoms with Gasteiger partial charge in [-0.3, -0.25) is 14.4 Å². The second-order valence-corrected chi connectivity index (χ2v) is 7.27. The number of ether oxygens (including phenoxy) is 2. The van der Waals surface area contributed by atoms with Crippen LogP contribution in [0.25, 0.3) is 0 Å². The Kier molecular flexibility index (Phi) is 8.21. The van der Waals surface area contributed by atoms with Gasteiger partial charge in [0.15, 0.2) is 6.61 Å². The molecule has 0 aliphatic carbocycles. The maximum atomic E-state index is 13.3. The SMILES string of the molecule is COc1ccc(F)cc1C(=O)COC(=O)CSCC(=O)Nc1ccc(C)cc1C. The fraction of sp³-hybridized carbons (Fsp3) is 0.286. The number of hydrogen-bond acceptors (Lipinski definition) is 6. The Morgan fingerprint density at radius 3 is 2.52 bits per heavy atom. The van der Waals surface area contributed by atoms with Gasteiger partial charge in [0.2, 0.25) is 11.7 Å². The molecule has 0 aromatic heterocycles. The Morgan fingerprint density at radius 2 is 1.83 bits per heavy atom. The summed E-state index contributed by atoms with van der Waals surface area (Å²) in [6, 6.07) is 9.22. The summed E-state index contributed by atoms with van der Waals surface area (Å²) in [7, 11) is 1.36. The number of aryl methyl sites for hydroxylation is 2. The van der Waals surface area contributed by atoms with Crippen LogP contribution in [-0.4, -0.2) is 42.9 Å². The molecule has 0 saturated carbocycles. The fourth-order valence-corrected chi connectivity index (χ4v) is 3.14. The maximum absolute atomic E-state index is 13.3. The highest BCUT2D eigenvalue weighted by molar-refractivity contribution is 8.00. The summed E-state index contributed by atoms with van der Waals surface area (Å²) in [4.78, 5) is 35.9. The van der Waals surface area contributed by atoms with E-state index in [0.717, 1.165) is 34.6 Å². The summed E-state index contributed by atoms with van der Waals surface area (Å²) in [6.07, 6.45) is 0. The van der Waals surface area contributed by atoms with Crippen LogP contribution in [0.15, 0.2) is 36.4 Å². The average Bonchev–Trinajstić information content (AvgIpc) is 2.68. The molecule has 1 amide bonds. The lowest BCUT2D eigenvalue weighted by molar-refractivity contribution is -0.139. The highest BCUT2D eigenvalue weighted by atomic mass is 32.2. The third-order valence-corrected chi connectivity index (χ3v) is 4.84. The van der Waals surface area contributed by atoms with Gasteiger partial charge in [-0.1, -0.05) is 17.7 Å². The second kappa shape index (κ2) is 10.6. The third kappa shape index (κ3) is 6.90. The van der Waals surface area contributed by atoms with E-state index in [2.05, 4.69) is 5.32 Å². The number of amides is 1. The second-order valence-electron chi connectivity index (χ2n) is 6.29. The molecule has 2 aromatic carbocycles. The summed E-state index contributed by atoms with van der Waals surface area (Å²) in [5, 5.41) is 2.79. The van der Waals surface area contributed by atoms with Crippen molar-refractivity contribution in [3.63, 3.8) is 0 Å². The summed E-state index contributed by atoms with van der Waals surface area (Å²) >= 11 is 1.07. The molecule has 0 aliphatic rings. The van der Waals surface area contributed by atoms with Crippen molar-refractivity contribution >= 4 is 35.1 Å². The van der Waals surface area contributed by atoms with Gasteiger partial charge in [0, 0.05) is 5.69 Å². The van der Waals surface area contributed by atoms with Gasteiger partial charge in [-0.2, -0.15) is 0 Å². The topological polar surface area (TPSA) is 81.7 Å². The number of rotatable bonds is 9. The van der Waals surface area contributed by atoms with E-state index in [4.69, 9.17) is 9.47 Å². The lowest BCUT2D eigenvalue weighted by atomic mass is 10.1. The van der Waals surface area contributed by atoms with Crippen LogP contribution in [0.1, 0.15) is 21.5 Å². The summed E-state index contributed by atoms with van der Waals surface area (Å²) in [6.45, 7) is 3.33. The molecule has 8 heteroatoms. The highest BCUT2D eigenvalue weighted by Crippen LogP contribution is 2.20. The zero-order valence-electron chi connectivity index (χ0n) is 16.4. The molecular weight excluding hydrogens is 397 g/mol. The Hall–Kier alpha value is -2.87. The molecule has 0 fully saturated rings. The first kappa shape index (κ1) is 22.4. The van der Waals surface area contributed by atoms with E-state index in [1.54, 1.807) is 0 Å². The Labute approximate surface area is 172 Å². The zero-order chi connectivity index (χ0) is 21.4. The van der Waals surface area contributed by atoms with E-state index >= 15 is 0 Å². The lowest BCUT2D eigenvalue weighted by Crippen LogP contribution is -2.19. The number of anilines is 1. The quantitative estimate of drug-likeness (QED) is 0.495. The minimum absolute atomic E-state index is 0.000739. The predicted molar refractivity (Wildman–Crippen MR) is 110 cm³/mol. The highest BCUT2D eigenvalue weighted by Gasteiger charge is 2.16. The summed E-state index contributed by atoms with van der Waals surface area (Å²) in [5.74, 6) is -1.88. The number of carbonyl (C=O) groups excluding carboxylic acids is 3. The van der Waals surface area contributed by atoms with Crippen molar-refractivity contribution in [1.82, 2.24) is 0 Å². The first-order valence-corrected chi connectivity index (χ1v) is 9.93. The Balaban J connectivity index is 1.75. The number of ketones is 1. The molecule has 0 heterocycles. The smallest absolute Gasteiger partial charge is 0.316 e. The minimum atomic E-state index is -0.641. The molecule has 0 unspecified atom stereocenters. The van der Waals surface area contributed by atoms with E-state index in [-0.39, 0.29) is 28.7 Å². The first-order chi connectivity index (χ1) is 13.8. The van der Waals surface area contributed by atoms with Gasteiger partial charge >= 0.3 is 5.97 Å². The molecule has 0 radical (unpaired) electrons. The number of benzene rings is 2. The van der Waals surface area contributed by atoms with Crippen LogP contribution in [0.4, 0.5) is 10.1 Å². The normalized spacial score (nSPS) is 10.3. The largest absolute Gasteiger partial charge is 0.496 e. The molecule has 6 nitrogen and oxygen atoms in total. The molecule has 154 valence electrons. The van der Waals surface area contributed by atoms with Crippen molar-refractivity contribution in [2.75, 3.05) is 30.5 Å². The van der Waals surface area contributed by atoms with Crippen molar-refractivity contribution < 1.29 is 28.2 Å². The third-order valence-electron chi connectivity index (χ3n) is 3.94. The van der Waals surface area contributed by atoms with Crippen LogP contribution < -0.4 is 10.1 Å². The molecule has 0 aliphatic heterocycles. The van der Waals surface area contributed by atoms with Gasteiger partial charge in [0.1, 0.15) is 11.6 Å². The molecule has 29 heavy (non-hydrogen) atoms. The number of carbonyl (C=O) groups is 3. The van der Waals surface area contributed by atoms with Gasteiger partial charge in [0.05, 0.1) is 24.2 Å². The minimum Gasteiger partial charge on any atom is -0.496 e. The van der Waals surface area contributed by atoms with E-state index in [1.165, 1.54) is 19.2 Å². The van der Waals surface area contributed by atoms with Crippen LogP contribution in [0.2, 0.25) is 0 Å². The van der Waals surface area contributed by atoms with Crippen LogP contribution in [0.3, 0.4) is 0 Å². The van der Waals surface area contributed by atoms with E-state index < -0.39 is 24.2 Å². The number of thioether (sulfide) groups is 1. The molecule has 0 atom stereocenters. The molecule has 0 spiro atoms. The van der Waals surface area contributed by atoms with Crippen LogP contribution in [0.5, 0.6) is 5.75 Å². The number of hydrogen-bond donors (Lipinski definition) is 1. The molecule has 0 bridgehead atoms. The summed E-state index contributed by atoms with van der Waals surface area (Å²) in [5.41, 5.74) is 2.77. The van der Waals surface area contributed by atoms with E-state index in [1.807, 2.05) is 32.0 Å². The lowest BCUT2D eigenvalue weighted by Gasteiger charge is -2.09. The molecule has 2 rings (SSSR count). The first-order valence-electron chi connectivity index (χ1n) is 8.77. The molecule has 0 saturated heterocycles. The zero-order valence-corrected chi connectivity index (χ0v) is 17.2. The number of nitrogens with one attached hydrogen (secondary N) is 1. The standard InChI is InChI=1S/C21H22FNO5S/c1-13-4-6-17(14(2)8-13)23-20(25)11-29-12-21(26)28-10-18(24)16-9-15(22)5-7-19(16)27-3/h4-9H,10-12H2,1-3H3,(H,23,25). The predicted octanol–water partition coefficient (Wildman–Crippen LogP) is 3.55. The van der Waals surface area contributed by atoms with Gasteiger partial charge in [-0.25, -0.2) is 4.39 Å². The van der Waals surface area contributed by atoms with Crippen molar-refractivity contribution in [3.8, 4) is 5.75 Å². The molecule has 1 N–H and O–H groups in total. The fourth-order valence-electron chi connectivity index (χ4n) is 2.53. The molecular formula is C21H22FNO5S. The van der Waals surface area contributed by atoms with Crippen LogP contribution in [-0.2, 0) is 14.3 Å². The van der Waals surface area contributed by atoms with Crippen molar-refractivity contribution in [2.45, 2.75) is 13.8 Å². The van der Waals surface area contributed by atoms with Gasteiger partial charge in [-0.05, 0) is 43.7 Å². The number of methoxy groups -OCH3 is 1. The van der Waals surface area contributed by atoms with Crippen LogP contribution >= 0.6 is 11.8 Å². The van der Waals surface area contributed by atoms with Gasteiger partial charge in [-0.15, -0.1) is 11.8 Å². The number of halogens is 1.